The normalized spacial score (nSPS) is 15.6. The molecule has 1 aromatic carbocycles. The van der Waals surface area contributed by atoms with Crippen molar-refractivity contribution >= 4 is 29.5 Å². The Balaban J connectivity index is 1.39. The van der Waals surface area contributed by atoms with Gasteiger partial charge in [0, 0.05) is 32.6 Å². The van der Waals surface area contributed by atoms with Crippen molar-refractivity contribution in [3.8, 4) is 10.7 Å². The van der Waals surface area contributed by atoms with Gasteiger partial charge in [-0.25, -0.2) is 0 Å². The number of benzene rings is 1. The maximum Gasteiger partial charge on any atom is 0.221 e. The maximum atomic E-state index is 12.7. The zero-order valence-corrected chi connectivity index (χ0v) is 19.2. The zero-order chi connectivity index (χ0) is 21.6. The fourth-order valence-electron chi connectivity index (χ4n) is 3.86. The summed E-state index contributed by atoms with van der Waals surface area (Å²) in [4.78, 5) is 16.1. The number of nitrogens with zero attached hydrogens (tertiary/aromatic N) is 3. The molecule has 0 aliphatic carbocycles. The number of carbonyl (C=O) groups excluding carboxylic acids is 1. The van der Waals surface area contributed by atoms with E-state index in [2.05, 4.69) is 51.6 Å². The number of thiophene rings is 1. The van der Waals surface area contributed by atoms with Gasteiger partial charge in [0.15, 0.2) is 10.6 Å². The molecule has 1 amide bonds. The molecule has 0 saturated carbocycles. The van der Waals surface area contributed by atoms with Crippen LogP contribution in [0.3, 0.4) is 0 Å². The third-order valence-electron chi connectivity index (χ3n) is 5.47. The standard InChI is InChI=1S/C22H27N5O2S2/c1-16-4-2-5-17(14-16)18(26-9-11-29-12-10-26)15-23-20(28)7-8-27-21(24-25-22(27)30)19-6-3-13-31-19/h2-6,13-14,18H,7-12,15H2,1H3,(H,23,28)(H,25,30). The highest BCUT2D eigenvalue weighted by atomic mass is 32.1. The van der Waals surface area contributed by atoms with Gasteiger partial charge in [-0.15, -0.1) is 11.3 Å². The van der Waals surface area contributed by atoms with E-state index in [9.17, 15) is 4.79 Å². The molecule has 9 heteroatoms. The van der Waals surface area contributed by atoms with Gasteiger partial charge in [0.25, 0.3) is 0 Å². The topological polar surface area (TPSA) is 75.2 Å². The first-order valence-electron chi connectivity index (χ1n) is 10.5. The largest absolute Gasteiger partial charge is 0.379 e. The van der Waals surface area contributed by atoms with Crippen molar-refractivity contribution in [3.63, 3.8) is 0 Å². The monoisotopic (exact) mass is 457 g/mol. The number of carbonyl (C=O) groups is 1. The van der Waals surface area contributed by atoms with Crippen molar-refractivity contribution in [2.24, 2.45) is 0 Å². The predicted octanol–water partition coefficient (Wildman–Crippen LogP) is 3.56. The van der Waals surface area contributed by atoms with Crippen molar-refractivity contribution < 1.29 is 9.53 Å². The Bertz CT molecular complexity index is 1050. The third kappa shape index (κ3) is 5.48. The number of rotatable bonds is 8. The molecule has 2 aromatic heterocycles. The second kappa shape index (κ2) is 10.3. The zero-order valence-electron chi connectivity index (χ0n) is 17.5. The lowest BCUT2D eigenvalue weighted by atomic mass is 10.0. The maximum absolute atomic E-state index is 12.7. The van der Waals surface area contributed by atoms with E-state index in [1.165, 1.54) is 11.1 Å². The molecule has 31 heavy (non-hydrogen) atoms. The van der Waals surface area contributed by atoms with Crippen LogP contribution in [0.15, 0.2) is 41.8 Å². The quantitative estimate of drug-likeness (QED) is 0.506. The first-order chi connectivity index (χ1) is 15.1. The number of H-pyrrole nitrogens is 1. The summed E-state index contributed by atoms with van der Waals surface area (Å²) in [6.07, 6.45) is 0.343. The average molecular weight is 458 g/mol. The molecule has 3 heterocycles. The number of aromatic amines is 1. The fourth-order valence-corrected chi connectivity index (χ4v) is 4.80. The second-order valence-corrected chi connectivity index (χ2v) is 8.95. The van der Waals surface area contributed by atoms with Crippen LogP contribution in [0.1, 0.15) is 23.6 Å². The number of aryl methyl sites for hydroxylation is 1. The van der Waals surface area contributed by atoms with Crippen LogP contribution in [0, 0.1) is 11.7 Å². The van der Waals surface area contributed by atoms with E-state index in [0.29, 0.717) is 24.3 Å². The van der Waals surface area contributed by atoms with Crippen LogP contribution in [0.25, 0.3) is 10.7 Å². The van der Waals surface area contributed by atoms with Crippen molar-refractivity contribution in [1.29, 1.82) is 0 Å². The molecule has 4 rings (SSSR count). The number of nitrogens with one attached hydrogen (secondary N) is 2. The Morgan fingerprint density at radius 3 is 2.90 bits per heavy atom. The van der Waals surface area contributed by atoms with E-state index in [4.69, 9.17) is 17.0 Å². The molecule has 0 spiro atoms. The van der Waals surface area contributed by atoms with E-state index < -0.39 is 0 Å². The Morgan fingerprint density at radius 2 is 2.16 bits per heavy atom. The summed E-state index contributed by atoms with van der Waals surface area (Å²) < 4.78 is 7.94. The van der Waals surface area contributed by atoms with E-state index in [1.807, 2.05) is 22.1 Å². The number of hydrogen-bond acceptors (Lipinski definition) is 6. The Labute approximate surface area is 191 Å². The van der Waals surface area contributed by atoms with Gasteiger partial charge < -0.3 is 10.1 Å². The van der Waals surface area contributed by atoms with E-state index in [1.54, 1.807) is 11.3 Å². The molecule has 164 valence electrons. The van der Waals surface area contributed by atoms with Crippen LogP contribution in [0.2, 0.25) is 0 Å². The number of ether oxygens (including phenoxy) is 1. The summed E-state index contributed by atoms with van der Waals surface area (Å²) in [5.41, 5.74) is 2.44. The van der Waals surface area contributed by atoms with Gasteiger partial charge in [-0.1, -0.05) is 35.9 Å². The summed E-state index contributed by atoms with van der Waals surface area (Å²) in [7, 11) is 0. The van der Waals surface area contributed by atoms with Gasteiger partial charge >= 0.3 is 0 Å². The van der Waals surface area contributed by atoms with Crippen LogP contribution in [0.5, 0.6) is 0 Å². The van der Waals surface area contributed by atoms with Gasteiger partial charge in [0.1, 0.15) is 0 Å². The van der Waals surface area contributed by atoms with Crippen molar-refractivity contribution in [2.75, 3.05) is 32.8 Å². The van der Waals surface area contributed by atoms with Crippen LogP contribution in [0.4, 0.5) is 0 Å². The van der Waals surface area contributed by atoms with Crippen LogP contribution in [-0.2, 0) is 16.1 Å². The molecule has 1 aliphatic rings. The SMILES string of the molecule is Cc1cccc(C(CNC(=O)CCn2c(-c3cccs3)n[nH]c2=S)N2CCOCC2)c1. The minimum absolute atomic E-state index is 0.00569. The number of amides is 1. The number of morpholine rings is 1. The summed E-state index contributed by atoms with van der Waals surface area (Å²) in [5.74, 6) is 0.782. The van der Waals surface area contributed by atoms with E-state index >= 15 is 0 Å². The number of aromatic nitrogens is 3. The summed E-state index contributed by atoms with van der Waals surface area (Å²) in [6.45, 7) is 6.32. The average Bonchev–Trinajstić information content (AvgIpc) is 3.43. The van der Waals surface area contributed by atoms with Crippen LogP contribution < -0.4 is 5.32 Å². The smallest absolute Gasteiger partial charge is 0.221 e. The molecular formula is C22H27N5O2S2. The molecule has 7 nitrogen and oxygen atoms in total. The summed E-state index contributed by atoms with van der Waals surface area (Å²) in [5, 5.41) is 12.3. The van der Waals surface area contributed by atoms with Gasteiger partial charge in [-0.05, 0) is 36.2 Å². The fraction of sp³-hybridized carbons (Fsp3) is 0.409. The highest BCUT2D eigenvalue weighted by Gasteiger charge is 2.23. The van der Waals surface area contributed by atoms with Crippen molar-refractivity contribution in [3.05, 3.63) is 57.7 Å². The lowest BCUT2D eigenvalue weighted by molar-refractivity contribution is -0.121. The second-order valence-electron chi connectivity index (χ2n) is 7.61. The molecule has 0 radical (unpaired) electrons. The lowest BCUT2D eigenvalue weighted by Crippen LogP contribution is -2.44. The van der Waals surface area contributed by atoms with E-state index in [0.717, 1.165) is 37.0 Å². The van der Waals surface area contributed by atoms with Gasteiger partial charge in [0.05, 0.1) is 24.1 Å². The Morgan fingerprint density at radius 1 is 1.32 bits per heavy atom. The minimum Gasteiger partial charge on any atom is -0.379 e. The van der Waals surface area contributed by atoms with Crippen LogP contribution >= 0.6 is 23.6 Å². The highest BCUT2D eigenvalue weighted by molar-refractivity contribution is 7.71. The highest BCUT2D eigenvalue weighted by Crippen LogP contribution is 2.24. The first kappa shape index (κ1) is 21.9. The summed E-state index contributed by atoms with van der Waals surface area (Å²) in [6, 6.07) is 12.6. The minimum atomic E-state index is 0.00569. The van der Waals surface area contributed by atoms with E-state index in [-0.39, 0.29) is 11.9 Å². The van der Waals surface area contributed by atoms with Gasteiger partial charge in [0.2, 0.25) is 5.91 Å². The lowest BCUT2D eigenvalue weighted by Gasteiger charge is -2.35. The third-order valence-corrected chi connectivity index (χ3v) is 6.65. The summed E-state index contributed by atoms with van der Waals surface area (Å²) >= 11 is 6.97. The van der Waals surface area contributed by atoms with Crippen molar-refractivity contribution in [2.45, 2.75) is 25.9 Å². The van der Waals surface area contributed by atoms with Crippen molar-refractivity contribution in [1.82, 2.24) is 25.0 Å². The molecule has 1 unspecified atom stereocenters. The Hall–Kier alpha value is -2.33. The predicted molar refractivity (Wildman–Crippen MR) is 125 cm³/mol. The number of hydrogen-bond donors (Lipinski definition) is 2. The van der Waals surface area contributed by atoms with Crippen LogP contribution in [-0.4, -0.2) is 58.4 Å². The molecule has 2 N–H and O–H groups in total. The molecule has 1 fully saturated rings. The van der Waals surface area contributed by atoms with Gasteiger partial charge in [-0.3, -0.25) is 19.4 Å². The molecule has 1 atom stereocenters. The molecule has 1 saturated heterocycles. The first-order valence-corrected chi connectivity index (χ1v) is 11.7. The molecule has 0 bridgehead atoms. The molecular weight excluding hydrogens is 430 g/mol. The van der Waals surface area contributed by atoms with Gasteiger partial charge in [-0.2, -0.15) is 5.10 Å². The molecule has 1 aliphatic heterocycles. The Kier molecular flexibility index (Phi) is 7.29. The molecule has 3 aromatic rings.